The molecule has 0 bridgehead atoms. The van der Waals surface area contributed by atoms with E-state index in [9.17, 15) is 13.2 Å². The molecule has 0 aliphatic carbocycles. The van der Waals surface area contributed by atoms with Crippen LogP contribution in [0.15, 0.2) is 18.3 Å². The summed E-state index contributed by atoms with van der Waals surface area (Å²) in [6.45, 7) is 0.784. The summed E-state index contributed by atoms with van der Waals surface area (Å²) >= 11 is 3.38. The normalized spacial score (nSPS) is 20.4. The first-order chi connectivity index (χ1) is 8.52. The van der Waals surface area contributed by atoms with Crippen molar-refractivity contribution in [3.8, 4) is 0 Å². The van der Waals surface area contributed by atoms with E-state index in [4.69, 9.17) is 0 Å². The first-order valence-electron chi connectivity index (χ1n) is 5.88. The number of anilines is 1. The van der Waals surface area contributed by atoms with Crippen molar-refractivity contribution >= 4 is 21.7 Å². The van der Waals surface area contributed by atoms with Crippen LogP contribution in [0.2, 0.25) is 0 Å². The third-order valence-corrected chi connectivity index (χ3v) is 3.64. The highest BCUT2D eigenvalue weighted by molar-refractivity contribution is 9.09. The van der Waals surface area contributed by atoms with Crippen LogP contribution in [0.1, 0.15) is 24.8 Å². The molecular weight excluding hydrogens is 309 g/mol. The molecule has 2 rings (SSSR count). The summed E-state index contributed by atoms with van der Waals surface area (Å²) in [5.74, 6) is 0.438. The van der Waals surface area contributed by atoms with Crippen LogP contribution in [-0.2, 0) is 6.18 Å². The third kappa shape index (κ3) is 2.96. The number of pyridine rings is 1. The monoisotopic (exact) mass is 322 g/mol. The lowest BCUT2D eigenvalue weighted by molar-refractivity contribution is -0.137. The number of hydrogen-bond donors (Lipinski definition) is 0. The van der Waals surface area contributed by atoms with Crippen LogP contribution in [-0.4, -0.2) is 22.9 Å². The van der Waals surface area contributed by atoms with E-state index < -0.39 is 11.7 Å². The van der Waals surface area contributed by atoms with Gasteiger partial charge in [0.1, 0.15) is 5.82 Å². The molecule has 100 valence electrons. The molecule has 1 fully saturated rings. The Bertz CT molecular complexity index is 409. The van der Waals surface area contributed by atoms with Crippen LogP contribution in [0.3, 0.4) is 0 Å². The average Bonchev–Trinajstić information content (AvgIpc) is 2.77. The van der Waals surface area contributed by atoms with Gasteiger partial charge in [0.2, 0.25) is 0 Å². The van der Waals surface area contributed by atoms with Crippen molar-refractivity contribution in [3.63, 3.8) is 0 Å². The maximum atomic E-state index is 12.6. The SMILES string of the molecule is FC(F)(F)c1ccnc(N2CCCC2CCBr)c1. The predicted octanol–water partition coefficient (Wildman–Crippen LogP) is 3.85. The lowest BCUT2D eigenvalue weighted by atomic mass is 10.1. The highest BCUT2D eigenvalue weighted by Gasteiger charge is 2.32. The Morgan fingerprint density at radius 2 is 2.22 bits per heavy atom. The van der Waals surface area contributed by atoms with E-state index in [1.54, 1.807) is 0 Å². The minimum absolute atomic E-state index is 0.292. The smallest absolute Gasteiger partial charge is 0.354 e. The number of alkyl halides is 4. The summed E-state index contributed by atoms with van der Waals surface area (Å²) in [5.41, 5.74) is -0.628. The van der Waals surface area contributed by atoms with Crippen molar-refractivity contribution in [1.82, 2.24) is 4.98 Å². The van der Waals surface area contributed by atoms with Gasteiger partial charge in [-0.05, 0) is 31.4 Å². The summed E-state index contributed by atoms with van der Waals surface area (Å²) in [7, 11) is 0. The summed E-state index contributed by atoms with van der Waals surface area (Å²) in [4.78, 5) is 6.06. The van der Waals surface area contributed by atoms with Gasteiger partial charge in [-0.3, -0.25) is 0 Å². The molecule has 0 spiro atoms. The molecule has 1 saturated heterocycles. The molecule has 2 heterocycles. The van der Waals surface area contributed by atoms with Gasteiger partial charge in [-0.15, -0.1) is 0 Å². The summed E-state index contributed by atoms with van der Waals surface area (Å²) in [6.07, 6.45) is -0.110. The van der Waals surface area contributed by atoms with Gasteiger partial charge in [-0.25, -0.2) is 4.98 Å². The van der Waals surface area contributed by atoms with Gasteiger partial charge in [0.05, 0.1) is 5.56 Å². The van der Waals surface area contributed by atoms with Crippen LogP contribution < -0.4 is 4.90 Å². The lowest BCUT2D eigenvalue weighted by Crippen LogP contribution is -2.30. The zero-order chi connectivity index (χ0) is 13.2. The lowest BCUT2D eigenvalue weighted by Gasteiger charge is -2.25. The van der Waals surface area contributed by atoms with Crippen LogP contribution in [0.5, 0.6) is 0 Å². The van der Waals surface area contributed by atoms with Crippen molar-refractivity contribution in [1.29, 1.82) is 0 Å². The average molecular weight is 323 g/mol. The number of halogens is 4. The van der Waals surface area contributed by atoms with Gasteiger partial charge in [-0.1, -0.05) is 15.9 Å². The van der Waals surface area contributed by atoms with Crippen molar-refractivity contribution < 1.29 is 13.2 Å². The van der Waals surface area contributed by atoms with Crippen molar-refractivity contribution in [3.05, 3.63) is 23.9 Å². The van der Waals surface area contributed by atoms with E-state index in [0.29, 0.717) is 11.9 Å². The molecule has 0 N–H and O–H groups in total. The molecule has 0 saturated carbocycles. The molecule has 1 aromatic rings. The number of rotatable bonds is 3. The molecule has 2 nitrogen and oxygen atoms in total. The summed E-state index contributed by atoms with van der Waals surface area (Å²) in [6, 6.07) is 2.45. The Morgan fingerprint density at radius 3 is 2.89 bits per heavy atom. The van der Waals surface area contributed by atoms with Crippen molar-refractivity contribution in [2.24, 2.45) is 0 Å². The molecule has 1 atom stereocenters. The second-order valence-corrected chi connectivity index (χ2v) is 5.16. The molecule has 6 heteroatoms. The number of aromatic nitrogens is 1. The van der Waals surface area contributed by atoms with E-state index in [-0.39, 0.29) is 0 Å². The Labute approximate surface area is 112 Å². The second kappa shape index (κ2) is 5.47. The van der Waals surface area contributed by atoms with Crippen LogP contribution in [0, 0.1) is 0 Å². The predicted molar refractivity (Wildman–Crippen MR) is 68.0 cm³/mol. The Hall–Kier alpha value is -0.780. The first-order valence-corrected chi connectivity index (χ1v) is 7.00. The minimum atomic E-state index is -4.30. The van der Waals surface area contributed by atoms with Crippen molar-refractivity contribution in [2.75, 3.05) is 16.8 Å². The zero-order valence-electron chi connectivity index (χ0n) is 9.75. The molecule has 1 aromatic heterocycles. The summed E-state index contributed by atoms with van der Waals surface area (Å²) in [5, 5.41) is 0.854. The maximum Gasteiger partial charge on any atom is 0.416 e. The van der Waals surface area contributed by atoms with Crippen LogP contribution >= 0.6 is 15.9 Å². The van der Waals surface area contributed by atoms with Gasteiger partial charge < -0.3 is 4.90 Å². The van der Waals surface area contributed by atoms with Gasteiger partial charge >= 0.3 is 6.18 Å². The van der Waals surface area contributed by atoms with E-state index in [1.165, 1.54) is 6.20 Å². The van der Waals surface area contributed by atoms with Gasteiger partial charge in [0.25, 0.3) is 0 Å². The Morgan fingerprint density at radius 1 is 1.44 bits per heavy atom. The Balaban J connectivity index is 2.22. The number of hydrogen-bond acceptors (Lipinski definition) is 2. The quantitative estimate of drug-likeness (QED) is 0.786. The second-order valence-electron chi connectivity index (χ2n) is 4.37. The molecule has 0 amide bonds. The molecule has 0 aromatic carbocycles. The van der Waals surface area contributed by atoms with Gasteiger partial charge in [0.15, 0.2) is 0 Å². The molecule has 0 radical (unpaired) electrons. The molecule has 18 heavy (non-hydrogen) atoms. The molecule has 1 unspecified atom stereocenters. The molecular formula is C12H14BrF3N2. The van der Waals surface area contributed by atoms with Crippen LogP contribution in [0.25, 0.3) is 0 Å². The van der Waals surface area contributed by atoms with E-state index >= 15 is 0 Å². The molecule has 1 aliphatic heterocycles. The van der Waals surface area contributed by atoms with Crippen LogP contribution in [0.4, 0.5) is 19.0 Å². The highest BCUT2D eigenvalue weighted by atomic mass is 79.9. The largest absolute Gasteiger partial charge is 0.416 e. The topological polar surface area (TPSA) is 16.1 Å². The van der Waals surface area contributed by atoms with Crippen molar-refractivity contribution in [2.45, 2.75) is 31.5 Å². The third-order valence-electron chi connectivity index (χ3n) is 3.19. The van der Waals surface area contributed by atoms with E-state index in [0.717, 1.165) is 43.3 Å². The minimum Gasteiger partial charge on any atom is -0.354 e. The first kappa shape index (κ1) is 13.6. The van der Waals surface area contributed by atoms with E-state index in [2.05, 4.69) is 20.9 Å². The van der Waals surface area contributed by atoms with Gasteiger partial charge in [-0.2, -0.15) is 13.2 Å². The number of nitrogens with zero attached hydrogens (tertiary/aromatic N) is 2. The fraction of sp³-hybridized carbons (Fsp3) is 0.583. The zero-order valence-corrected chi connectivity index (χ0v) is 11.3. The maximum absolute atomic E-state index is 12.6. The molecule has 1 aliphatic rings. The Kier molecular flexibility index (Phi) is 4.14. The standard InChI is InChI=1S/C12H14BrF3N2/c13-5-3-10-2-1-7-18(10)11-8-9(4-6-17-11)12(14,15)16/h4,6,8,10H,1-3,5,7H2. The highest BCUT2D eigenvalue weighted by Crippen LogP contribution is 2.33. The fourth-order valence-corrected chi connectivity index (χ4v) is 2.84. The van der Waals surface area contributed by atoms with Gasteiger partial charge in [0, 0.05) is 24.1 Å². The fourth-order valence-electron chi connectivity index (χ4n) is 2.32. The van der Waals surface area contributed by atoms with E-state index in [1.807, 2.05) is 4.90 Å². The summed E-state index contributed by atoms with van der Waals surface area (Å²) < 4.78 is 37.9.